The largest absolute Gasteiger partial charge is 0.346 e. The summed E-state index contributed by atoms with van der Waals surface area (Å²) in [6, 6.07) is 0. The van der Waals surface area contributed by atoms with Crippen LogP contribution in [-0.4, -0.2) is 43.1 Å². The summed E-state index contributed by atoms with van der Waals surface area (Å²) >= 11 is 1.85. The van der Waals surface area contributed by atoms with Gasteiger partial charge in [-0.05, 0) is 14.0 Å². The quantitative estimate of drug-likeness (QED) is 0.766. The van der Waals surface area contributed by atoms with Crippen molar-refractivity contribution in [3.05, 3.63) is 10.6 Å². The van der Waals surface area contributed by atoms with Gasteiger partial charge in [0.25, 0.3) is 0 Å². The van der Waals surface area contributed by atoms with Crippen LogP contribution in [0.1, 0.15) is 31.3 Å². The van der Waals surface area contributed by atoms with E-state index in [-0.39, 0.29) is 5.41 Å². The number of thiazole rings is 1. The number of likely N-dealkylation sites (N-methyl/N-ethyl adjacent to an activating group) is 1. The van der Waals surface area contributed by atoms with Crippen LogP contribution in [0, 0.1) is 6.92 Å². The molecule has 2 rings (SSSR count). The van der Waals surface area contributed by atoms with Crippen LogP contribution in [0.25, 0.3) is 0 Å². The lowest BCUT2D eigenvalue weighted by molar-refractivity contribution is 0.312. The molecule has 17 heavy (non-hydrogen) atoms. The van der Waals surface area contributed by atoms with Gasteiger partial charge in [0, 0.05) is 36.5 Å². The second-order valence-corrected chi connectivity index (χ2v) is 7.12. The Kier molecular flexibility index (Phi) is 3.46. The van der Waals surface area contributed by atoms with E-state index in [1.54, 1.807) is 0 Å². The Balaban J connectivity index is 2.18. The van der Waals surface area contributed by atoms with Crippen molar-refractivity contribution in [2.75, 3.05) is 38.1 Å². The minimum absolute atomic E-state index is 0.158. The molecule has 1 aliphatic rings. The molecule has 0 saturated carbocycles. The molecule has 0 N–H and O–H groups in total. The van der Waals surface area contributed by atoms with E-state index >= 15 is 0 Å². The van der Waals surface area contributed by atoms with Gasteiger partial charge < -0.3 is 9.80 Å². The Morgan fingerprint density at radius 1 is 1.12 bits per heavy atom. The van der Waals surface area contributed by atoms with Crippen LogP contribution < -0.4 is 4.90 Å². The van der Waals surface area contributed by atoms with Crippen LogP contribution in [0.4, 0.5) is 5.13 Å². The molecule has 1 aromatic rings. The summed E-state index contributed by atoms with van der Waals surface area (Å²) in [5, 5.41) is 1.21. The first kappa shape index (κ1) is 12.8. The first-order valence-electron chi connectivity index (χ1n) is 6.29. The van der Waals surface area contributed by atoms with E-state index in [0.717, 1.165) is 26.2 Å². The van der Waals surface area contributed by atoms with Gasteiger partial charge in [-0.3, -0.25) is 0 Å². The monoisotopic (exact) mass is 253 g/mol. The Bertz CT molecular complexity index is 384. The van der Waals surface area contributed by atoms with Crippen LogP contribution in [0.2, 0.25) is 0 Å². The van der Waals surface area contributed by atoms with Gasteiger partial charge in [0.2, 0.25) is 0 Å². The Morgan fingerprint density at radius 2 is 1.71 bits per heavy atom. The number of hydrogen-bond acceptors (Lipinski definition) is 4. The van der Waals surface area contributed by atoms with Gasteiger partial charge in [-0.25, -0.2) is 4.98 Å². The zero-order valence-electron chi connectivity index (χ0n) is 11.6. The average Bonchev–Trinajstić information content (AvgIpc) is 2.61. The lowest BCUT2D eigenvalue weighted by Crippen LogP contribution is -2.44. The van der Waals surface area contributed by atoms with Gasteiger partial charge in [0.15, 0.2) is 5.13 Å². The predicted octanol–water partition coefficient (Wildman–Crippen LogP) is 2.50. The molecular formula is C13H23N3S. The second-order valence-electron chi connectivity index (χ2n) is 5.94. The van der Waals surface area contributed by atoms with Crippen LogP contribution in [0.5, 0.6) is 0 Å². The number of nitrogens with zero attached hydrogens (tertiary/aromatic N) is 3. The van der Waals surface area contributed by atoms with Crippen LogP contribution >= 0.6 is 11.3 Å². The van der Waals surface area contributed by atoms with E-state index in [1.165, 1.54) is 15.7 Å². The van der Waals surface area contributed by atoms with Gasteiger partial charge in [-0.15, -0.1) is 11.3 Å². The van der Waals surface area contributed by atoms with Gasteiger partial charge in [0.1, 0.15) is 0 Å². The smallest absolute Gasteiger partial charge is 0.185 e. The maximum Gasteiger partial charge on any atom is 0.185 e. The maximum absolute atomic E-state index is 4.86. The van der Waals surface area contributed by atoms with E-state index in [2.05, 4.69) is 44.5 Å². The summed E-state index contributed by atoms with van der Waals surface area (Å²) < 4.78 is 0. The molecule has 2 heterocycles. The van der Waals surface area contributed by atoms with Crippen molar-refractivity contribution in [1.29, 1.82) is 0 Å². The fourth-order valence-electron chi connectivity index (χ4n) is 2.21. The van der Waals surface area contributed by atoms with E-state index in [9.17, 15) is 0 Å². The molecule has 0 aromatic carbocycles. The molecule has 0 amide bonds. The normalized spacial score (nSPS) is 18.8. The topological polar surface area (TPSA) is 19.4 Å². The molecule has 0 radical (unpaired) electrons. The van der Waals surface area contributed by atoms with E-state index in [4.69, 9.17) is 4.98 Å². The first-order valence-corrected chi connectivity index (χ1v) is 7.11. The predicted molar refractivity (Wildman–Crippen MR) is 75.3 cm³/mol. The highest BCUT2D eigenvalue weighted by atomic mass is 32.1. The molecule has 1 fully saturated rings. The van der Waals surface area contributed by atoms with Gasteiger partial charge in [-0.1, -0.05) is 20.8 Å². The van der Waals surface area contributed by atoms with Crippen molar-refractivity contribution in [2.45, 2.75) is 33.1 Å². The van der Waals surface area contributed by atoms with Crippen molar-refractivity contribution < 1.29 is 0 Å². The summed E-state index contributed by atoms with van der Waals surface area (Å²) in [6.07, 6.45) is 0. The Hall–Kier alpha value is -0.610. The van der Waals surface area contributed by atoms with Gasteiger partial charge in [0.05, 0.1) is 5.69 Å². The highest BCUT2D eigenvalue weighted by molar-refractivity contribution is 7.15. The van der Waals surface area contributed by atoms with Crippen molar-refractivity contribution in [3.63, 3.8) is 0 Å². The molecule has 0 aliphatic carbocycles. The molecule has 4 heteroatoms. The number of anilines is 1. The number of rotatable bonds is 1. The SMILES string of the molecule is Cc1sc(N2CCN(C)CC2)nc1C(C)(C)C. The fraction of sp³-hybridized carbons (Fsp3) is 0.769. The molecule has 1 aliphatic heterocycles. The minimum atomic E-state index is 0.158. The summed E-state index contributed by atoms with van der Waals surface area (Å²) in [6.45, 7) is 13.4. The first-order chi connectivity index (χ1) is 7.88. The summed E-state index contributed by atoms with van der Waals surface area (Å²) in [7, 11) is 2.19. The minimum Gasteiger partial charge on any atom is -0.346 e. The van der Waals surface area contributed by atoms with Crippen LogP contribution in [0.3, 0.4) is 0 Å². The number of hydrogen-bond donors (Lipinski definition) is 0. The van der Waals surface area contributed by atoms with Crippen LogP contribution in [0.15, 0.2) is 0 Å². The van der Waals surface area contributed by atoms with Gasteiger partial charge in [-0.2, -0.15) is 0 Å². The molecule has 96 valence electrons. The number of piperazine rings is 1. The lowest BCUT2D eigenvalue weighted by atomic mass is 9.92. The third-order valence-corrected chi connectivity index (χ3v) is 4.30. The molecule has 0 spiro atoms. The molecule has 3 nitrogen and oxygen atoms in total. The molecular weight excluding hydrogens is 230 g/mol. The van der Waals surface area contributed by atoms with Crippen molar-refractivity contribution in [2.24, 2.45) is 0 Å². The summed E-state index contributed by atoms with van der Waals surface area (Å²) in [5.74, 6) is 0. The molecule has 0 atom stereocenters. The zero-order valence-corrected chi connectivity index (χ0v) is 12.4. The fourth-order valence-corrected chi connectivity index (χ4v) is 3.38. The second kappa shape index (κ2) is 4.58. The van der Waals surface area contributed by atoms with Crippen molar-refractivity contribution in [3.8, 4) is 0 Å². The summed E-state index contributed by atoms with van der Waals surface area (Å²) in [5.41, 5.74) is 1.42. The van der Waals surface area contributed by atoms with E-state index in [0.29, 0.717) is 0 Å². The molecule has 1 aromatic heterocycles. The van der Waals surface area contributed by atoms with E-state index < -0.39 is 0 Å². The standard InChI is InChI=1S/C13H23N3S/c1-10-11(13(2,3)4)14-12(17-10)16-8-6-15(5)7-9-16/h6-9H2,1-5H3. The number of aromatic nitrogens is 1. The van der Waals surface area contributed by atoms with Crippen molar-refractivity contribution in [1.82, 2.24) is 9.88 Å². The number of aryl methyl sites for hydroxylation is 1. The third kappa shape index (κ3) is 2.80. The van der Waals surface area contributed by atoms with Gasteiger partial charge >= 0.3 is 0 Å². The van der Waals surface area contributed by atoms with E-state index in [1.807, 2.05) is 11.3 Å². The average molecular weight is 253 g/mol. The highest BCUT2D eigenvalue weighted by Crippen LogP contribution is 2.33. The Labute approximate surface area is 108 Å². The summed E-state index contributed by atoms with van der Waals surface area (Å²) in [4.78, 5) is 11.0. The van der Waals surface area contributed by atoms with Crippen molar-refractivity contribution >= 4 is 16.5 Å². The Morgan fingerprint density at radius 3 is 2.18 bits per heavy atom. The maximum atomic E-state index is 4.86. The molecule has 0 bridgehead atoms. The highest BCUT2D eigenvalue weighted by Gasteiger charge is 2.24. The third-order valence-electron chi connectivity index (χ3n) is 3.27. The molecule has 1 saturated heterocycles. The zero-order chi connectivity index (χ0) is 12.6. The lowest BCUT2D eigenvalue weighted by Gasteiger charge is -2.32. The molecule has 0 unspecified atom stereocenters. The van der Waals surface area contributed by atoms with Crippen LogP contribution in [-0.2, 0) is 5.41 Å².